The summed E-state index contributed by atoms with van der Waals surface area (Å²) in [5, 5.41) is 18.6. The van der Waals surface area contributed by atoms with E-state index in [-0.39, 0.29) is 28.5 Å². The van der Waals surface area contributed by atoms with Gasteiger partial charge >= 0.3 is 0 Å². The quantitative estimate of drug-likeness (QED) is 0.222. The van der Waals surface area contributed by atoms with Gasteiger partial charge in [0.1, 0.15) is 29.6 Å². The number of unbranched alkanes of at least 4 members (excludes halogenated alkanes) is 3. The molecule has 0 aliphatic heterocycles. The van der Waals surface area contributed by atoms with Gasteiger partial charge in [0.25, 0.3) is 0 Å². The van der Waals surface area contributed by atoms with Crippen LogP contribution in [0.4, 0.5) is 4.39 Å². The molecule has 0 amide bonds. The number of aromatic hydroxyl groups is 1. The number of phenols is 1. The van der Waals surface area contributed by atoms with Gasteiger partial charge in [-0.1, -0.05) is 49.1 Å². The zero-order valence-corrected chi connectivity index (χ0v) is 18.6. The van der Waals surface area contributed by atoms with E-state index in [1.54, 1.807) is 10.7 Å². The molecule has 1 heterocycles. The highest BCUT2D eigenvalue weighted by Gasteiger charge is 2.11. The Hall–Kier alpha value is -3.19. The number of allylic oxidation sites excluding steroid dienone is 1. The molecule has 0 spiro atoms. The number of ether oxygens (including phenoxy) is 1. The summed E-state index contributed by atoms with van der Waals surface area (Å²) in [6.07, 6.45) is 8.90. The molecule has 32 heavy (non-hydrogen) atoms. The van der Waals surface area contributed by atoms with Gasteiger partial charge in [-0.25, -0.2) is 4.39 Å². The molecular weight excluding hydrogens is 433 g/mol. The predicted molar refractivity (Wildman–Crippen MR) is 121 cm³/mol. The molecule has 2 aromatic carbocycles. The lowest BCUT2D eigenvalue weighted by atomic mass is 10.1. The second kappa shape index (κ2) is 11.4. The fourth-order valence-corrected chi connectivity index (χ4v) is 3.33. The number of nitrogens with zero attached hydrogens (tertiary/aromatic N) is 3. The molecule has 0 aliphatic rings. The number of halogens is 2. The van der Waals surface area contributed by atoms with E-state index in [9.17, 15) is 14.3 Å². The Morgan fingerprint density at radius 2 is 2.09 bits per heavy atom. The van der Waals surface area contributed by atoms with Gasteiger partial charge in [0.2, 0.25) is 0 Å². The number of rotatable bonds is 11. The molecule has 0 saturated carbocycles. The van der Waals surface area contributed by atoms with Gasteiger partial charge in [-0.3, -0.25) is 9.48 Å². The van der Waals surface area contributed by atoms with Gasteiger partial charge in [-0.05, 0) is 42.8 Å². The van der Waals surface area contributed by atoms with E-state index >= 15 is 0 Å². The van der Waals surface area contributed by atoms with Crippen LogP contribution in [0.1, 0.15) is 54.2 Å². The molecular formula is C24H25ClFN3O3. The van der Waals surface area contributed by atoms with E-state index in [2.05, 4.69) is 17.2 Å². The van der Waals surface area contributed by atoms with Crippen molar-refractivity contribution in [2.45, 2.75) is 45.8 Å². The lowest BCUT2D eigenvalue weighted by Crippen LogP contribution is -1.99. The first-order valence-corrected chi connectivity index (χ1v) is 10.9. The SMILES string of the molecule is CCCCCCn1cc(COc2ccc(C(=O)/C=C/c3c(F)cccc3Cl)c(O)c2)nn1. The molecule has 1 aromatic heterocycles. The summed E-state index contributed by atoms with van der Waals surface area (Å²) in [6, 6.07) is 8.65. The van der Waals surface area contributed by atoms with Crippen LogP contribution < -0.4 is 4.74 Å². The summed E-state index contributed by atoms with van der Waals surface area (Å²) in [6.45, 7) is 3.17. The number of carbonyl (C=O) groups excluding carboxylic acids is 1. The van der Waals surface area contributed by atoms with Crippen molar-refractivity contribution >= 4 is 23.5 Å². The van der Waals surface area contributed by atoms with Gasteiger partial charge in [0.15, 0.2) is 5.78 Å². The molecule has 0 aliphatic carbocycles. The number of aromatic nitrogens is 3. The van der Waals surface area contributed by atoms with E-state index in [0.717, 1.165) is 19.4 Å². The number of hydrogen-bond donors (Lipinski definition) is 1. The molecule has 8 heteroatoms. The fourth-order valence-electron chi connectivity index (χ4n) is 3.10. The Morgan fingerprint density at radius 3 is 2.84 bits per heavy atom. The monoisotopic (exact) mass is 457 g/mol. The van der Waals surface area contributed by atoms with Crippen LogP contribution in [-0.2, 0) is 13.2 Å². The molecule has 3 aromatic rings. The summed E-state index contributed by atoms with van der Waals surface area (Å²) in [5.41, 5.74) is 0.851. The van der Waals surface area contributed by atoms with Gasteiger partial charge < -0.3 is 9.84 Å². The van der Waals surface area contributed by atoms with Crippen molar-refractivity contribution in [2.24, 2.45) is 0 Å². The van der Waals surface area contributed by atoms with Crippen molar-refractivity contribution in [3.8, 4) is 11.5 Å². The van der Waals surface area contributed by atoms with Crippen LogP contribution >= 0.6 is 11.6 Å². The summed E-state index contributed by atoms with van der Waals surface area (Å²) in [7, 11) is 0. The minimum absolute atomic E-state index is 0.0686. The maximum absolute atomic E-state index is 13.8. The second-order valence-electron chi connectivity index (χ2n) is 7.33. The topological polar surface area (TPSA) is 77.2 Å². The molecule has 3 rings (SSSR count). The first kappa shape index (κ1) is 23.5. The van der Waals surface area contributed by atoms with E-state index in [1.165, 1.54) is 55.3 Å². The van der Waals surface area contributed by atoms with Crippen molar-refractivity contribution in [1.82, 2.24) is 15.0 Å². The van der Waals surface area contributed by atoms with Gasteiger partial charge in [-0.15, -0.1) is 5.10 Å². The van der Waals surface area contributed by atoms with Crippen molar-refractivity contribution in [3.05, 3.63) is 76.3 Å². The third-order valence-corrected chi connectivity index (χ3v) is 5.18. The Bertz CT molecular complexity index is 1080. The Kier molecular flexibility index (Phi) is 8.39. The minimum atomic E-state index is -0.535. The lowest BCUT2D eigenvalue weighted by molar-refractivity contribution is 0.104. The smallest absolute Gasteiger partial charge is 0.189 e. The third-order valence-electron chi connectivity index (χ3n) is 4.85. The first-order chi connectivity index (χ1) is 15.5. The molecule has 0 radical (unpaired) electrons. The number of phenolic OH excluding ortho intramolecular Hbond substituents is 1. The molecule has 0 unspecified atom stereocenters. The third kappa shape index (κ3) is 6.40. The van der Waals surface area contributed by atoms with Gasteiger partial charge in [0.05, 0.1) is 16.8 Å². The van der Waals surface area contributed by atoms with Crippen LogP contribution in [0.5, 0.6) is 11.5 Å². The predicted octanol–water partition coefficient (Wildman–Crippen LogP) is 5.83. The van der Waals surface area contributed by atoms with Gasteiger partial charge in [0, 0.05) is 18.2 Å². The summed E-state index contributed by atoms with van der Waals surface area (Å²) >= 11 is 5.96. The molecule has 0 saturated heterocycles. The van der Waals surface area contributed by atoms with Crippen LogP contribution in [0.25, 0.3) is 6.08 Å². The van der Waals surface area contributed by atoms with Crippen LogP contribution in [0, 0.1) is 5.82 Å². The van der Waals surface area contributed by atoms with Crippen molar-refractivity contribution in [2.75, 3.05) is 0 Å². The first-order valence-electron chi connectivity index (χ1n) is 10.5. The number of carbonyl (C=O) groups is 1. The molecule has 1 N–H and O–H groups in total. The van der Waals surface area contributed by atoms with E-state index in [0.29, 0.717) is 11.4 Å². The van der Waals surface area contributed by atoms with E-state index in [4.69, 9.17) is 16.3 Å². The molecule has 0 bridgehead atoms. The molecule has 168 valence electrons. The number of benzene rings is 2. The van der Waals surface area contributed by atoms with Crippen molar-refractivity contribution < 1.29 is 19.0 Å². The Labute approximate surface area is 191 Å². The average Bonchev–Trinajstić information content (AvgIpc) is 3.22. The van der Waals surface area contributed by atoms with Crippen LogP contribution in [0.3, 0.4) is 0 Å². The fraction of sp³-hybridized carbons (Fsp3) is 0.292. The Balaban J connectivity index is 1.57. The maximum Gasteiger partial charge on any atom is 0.189 e. The normalized spacial score (nSPS) is 11.2. The van der Waals surface area contributed by atoms with Crippen LogP contribution in [-0.4, -0.2) is 25.9 Å². The van der Waals surface area contributed by atoms with E-state index in [1.807, 2.05) is 6.20 Å². The lowest BCUT2D eigenvalue weighted by Gasteiger charge is -2.07. The van der Waals surface area contributed by atoms with Crippen LogP contribution in [0.2, 0.25) is 5.02 Å². The zero-order chi connectivity index (χ0) is 22.9. The standard InChI is InChI=1S/C24H25ClFN3O3/c1-2-3-4-5-13-29-15-17(27-28-29)16-32-18-9-10-20(24(31)14-18)23(30)12-11-19-21(25)7-6-8-22(19)26/h6-12,14-15,31H,2-5,13,16H2,1H3/b12-11+. The Morgan fingerprint density at radius 1 is 1.25 bits per heavy atom. The molecule has 0 atom stereocenters. The highest BCUT2D eigenvalue weighted by molar-refractivity contribution is 6.32. The van der Waals surface area contributed by atoms with Gasteiger partial charge in [-0.2, -0.15) is 0 Å². The maximum atomic E-state index is 13.8. The van der Waals surface area contributed by atoms with Crippen LogP contribution in [0.15, 0.2) is 48.7 Å². The highest BCUT2D eigenvalue weighted by atomic mass is 35.5. The molecule has 6 nitrogen and oxygen atoms in total. The highest BCUT2D eigenvalue weighted by Crippen LogP contribution is 2.26. The largest absolute Gasteiger partial charge is 0.507 e. The zero-order valence-electron chi connectivity index (χ0n) is 17.8. The average molecular weight is 458 g/mol. The number of aryl methyl sites for hydroxylation is 1. The van der Waals surface area contributed by atoms with Crippen molar-refractivity contribution in [1.29, 1.82) is 0 Å². The molecule has 0 fully saturated rings. The van der Waals surface area contributed by atoms with E-state index < -0.39 is 11.6 Å². The second-order valence-corrected chi connectivity index (χ2v) is 7.74. The summed E-state index contributed by atoms with van der Waals surface area (Å²) in [5.74, 6) is -0.874. The minimum Gasteiger partial charge on any atom is -0.507 e. The number of ketones is 1. The van der Waals surface area contributed by atoms with Crippen molar-refractivity contribution in [3.63, 3.8) is 0 Å². The summed E-state index contributed by atoms with van der Waals surface area (Å²) in [4.78, 5) is 12.4. The number of hydrogen-bond acceptors (Lipinski definition) is 5. The summed E-state index contributed by atoms with van der Waals surface area (Å²) < 4.78 is 21.3.